The summed E-state index contributed by atoms with van der Waals surface area (Å²) in [5.41, 5.74) is 1.10. The molecule has 1 aliphatic rings. The third-order valence-electron chi connectivity index (χ3n) is 3.96. The van der Waals surface area contributed by atoms with Crippen molar-refractivity contribution in [3.8, 4) is 0 Å². The van der Waals surface area contributed by atoms with Crippen molar-refractivity contribution in [2.75, 3.05) is 12.8 Å². The molecule has 1 unspecified atom stereocenters. The normalized spacial score (nSPS) is 18.1. The van der Waals surface area contributed by atoms with Crippen LogP contribution in [0.25, 0.3) is 0 Å². The molecule has 0 radical (unpaired) electrons. The van der Waals surface area contributed by atoms with Gasteiger partial charge < -0.3 is 5.32 Å². The van der Waals surface area contributed by atoms with Crippen LogP contribution in [-0.4, -0.2) is 24.1 Å². The summed E-state index contributed by atoms with van der Waals surface area (Å²) >= 11 is 7.93. The molecule has 0 saturated heterocycles. The predicted octanol–water partition coefficient (Wildman–Crippen LogP) is 4.68. The second-order valence-corrected chi connectivity index (χ2v) is 7.27. The Morgan fingerprint density at radius 3 is 2.75 bits per heavy atom. The van der Waals surface area contributed by atoms with Crippen molar-refractivity contribution in [3.05, 3.63) is 34.6 Å². The third-order valence-corrected chi connectivity index (χ3v) is 5.79. The first kappa shape index (κ1) is 16.1. The summed E-state index contributed by atoms with van der Waals surface area (Å²) in [5.74, 6) is 0.767. The monoisotopic (exact) mass is 315 g/mol. The Bertz CT molecular complexity index is 421. The number of rotatable bonds is 6. The topological polar surface area (TPSA) is 12.0 Å². The highest BCUT2D eigenvalue weighted by Gasteiger charge is 2.16. The molecule has 2 rings (SSSR count). The van der Waals surface area contributed by atoms with E-state index in [1.807, 2.05) is 13.1 Å². The summed E-state index contributed by atoms with van der Waals surface area (Å²) in [5, 5.41) is 4.42. The maximum absolute atomic E-state index is 13.2. The van der Waals surface area contributed by atoms with Crippen LogP contribution in [0.1, 0.15) is 37.7 Å². The number of thioether (sulfide) groups is 1. The molecule has 1 N–H and O–H groups in total. The van der Waals surface area contributed by atoms with Gasteiger partial charge >= 0.3 is 0 Å². The van der Waals surface area contributed by atoms with E-state index in [1.165, 1.54) is 38.2 Å². The molecule has 1 aromatic rings. The van der Waals surface area contributed by atoms with Crippen molar-refractivity contribution in [2.45, 2.75) is 49.8 Å². The second kappa shape index (κ2) is 8.26. The van der Waals surface area contributed by atoms with Gasteiger partial charge in [-0.1, -0.05) is 36.9 Å². The molecule has 0 aromatic heterocycles. The van der Waals surface area contributed by atoms with Gasteiger partial charge in [0.2, 0.25) is 0 Å². The Balaban J connectivity index is 1.83. The van der Waals surface area contributed by atoms with Crippen LogP contribution >= 0.6 is 23.4 Å². The van der Waals surface area contributed by atoms with E-state index in [1.54, 1.807) is 6.07 Å². The van der Waals surface area contributed by atoms with E-state index in [4.69, 9.17) is 11.6 Å². The number of hydrogen-bond acceptors (Lipinski definition) is 2. The van der Waals surface area contributed by atoms with Gasteiger partial charge in [0.1, 0.15) is 5.82 Å². The number of nitrogens with one attached hydrogen (secondary N) is 1. The molecule has 0 heterocycles. The zero-order valence-corrected chi connectivity index (χ0v) is 13.6. The lowest BCUT2D eigenvalue weighted by atomic mass is 10.0. The summed E-state index contributed by atoms with van der Waals surface area (Å²) in [6.07, 6.45) is 7.80. The van der Waals surface area contributed by atoms with Crippen LogP contribution in [0.5, 0.6) is 0 Å². The van der Waals surface area contributed by atoms with Crippen molar-refractivity contribution in [2.24, 2.45) is 0 Å². The van der Waals surface area contributed by atoms with E-state index in [0.29, 0.717) is 6.04 Å². The molecule has 0 aliphatic heterocycles. The van der Waals surface area contributed by atoms with Crippen LogP contribution in [0.3, 0.4) is 0 Å². The van der Waals surface area contributed by atoms with Crippen molar-refractivity contribution in [1.82, 2.24) is 5.32 Å². The van der Waals surface area contributed by atoms with Gasteiger partial charge in [0.05, 0.1) is 5.02 Å². The zero-order chi connectivity index (χ0) is 14.4. The molecule has 1 saturated carbocycles. The third kappa shape index (κ3) is 4.94. The Morgan fingerprint density at radius 1 is 1.35 bits per heavy atom. The van der Waals surface area contributed by atoms with E-state index in [2.05, 4.69) is 17.1 Å². The van der Waals surface area contributed by atoms with Crippen LogP contribution < -0.4 is 5.32 Å². The molecule has 1 atom stereocenters. The zero-order valence-electron chi connectivity index (χ0n) is 12.0. The minimum Gasteiger partial charge on any atom is -0.316 e. The molecule has 1 nitrogen and oxygen atoms in total. The largest absolute Gasteiger partial charge is 0.316 e. The van der Waals surface area contributed by atoms with Crippen molar-refractivity contribution >= 4 is 23.4 Å². The lowest BCUT2D eigenvalue weighted by Crippen LogP contribution is -2.31. The summed E-state index contributed by atoms with van der Waals surface area (Å²) in [6.45, 7) is 0. The fraction of sp³-hybridized carbons (Fsp3) is 0.625. The fourth-order valence-electron chi connectivity index (χ4n) is 2.68. The van der Waals surface area contributed by atoms with Gasteiger partial charge in [-0.3, -0.25) is 0 Å². The molecule has 1 aromatic carbocycles. The van der Waals surface area contributed by atoms with Crippen LogP contribution in [0.15, 0.2) is 18.2 Å². The maximum Gasteiger partial charge on any atom is 0.141 e. The van der Waals surface area contributed by atoms with Gasteiger partial charge in [-0.25, -0.2) is 4.39 Å². The SMILES string of the molecule is CNC(CSC1CCCCC1)Cc1ccc(F)c(Cl)c1. The molecule has 112 valence electrons. The van der Waals surface area contributed by atoms with E-state index < -0.39 is 0 Å². The number of likely N-dealkylation sites (N-methyl/N-ethyl adjacent to an activating group) is 1. The minimum atomic E-state index is -0.340. The summed E-state index contributed by atoms with van der Waals surface area (Å²) < 4.78 is 13.2. The predicted molar refractivity (Wildman–Crippen MR) is 87.3 cm³/mol. The first-order chi connectivity index (χ1) is 9.69. The van der Waals surface area contributed by atoms with Crippen molar-refractivity contribution in [1.29, 1.82) is 0 Å². The van der Waals surface area contributed by atoms with Gasteiger partial charge in [0.15, 0.2) is 0 Å². The first-order valence-electron chi connectivity index (χ1n) is 7.42. The lowest BCUT2D eigenvalue weighted by Gasteiger charge is -2.24. The van der Waals surface area contributed by atoms with Crippen LogP contribution in [0, 0.1) is 5.82 Å². The van der Waals surface area contributed by atoms with Gasteiger partial charge in [-0.2, -0.15) is 11.8 Å². The summed E-state index contributed by atoms with van der Waals surface area (Å²) in [4.78, 5) is 0. The van der Waals surface area contributed by atoms with E-state index >= 15 is 0 Å². The highest BCUT2D eigenvalue weighted by Crippen LogP contribution is 2.29. The summed E-state index contributed by atoms with van der Waals surface area (Å²) in [7, 11) is 2.00. The van der Waals surface area contributed by atoms with E-state index in [9.17, 15) is 4.39 Å². The molecular weight excluding hydrogens is 293 g/mol. The fourth-order valence-corrected chi connectivity index (χ4v) is 4.34. The smallest absolute Gasteiger partial charge is 0.141 e. The first-order valence-corrected chi connectivity index (χ1v) is 8.84. The lowest BCUT2D eigenvalue weighted by molar-refractivity contribution is 0.514. The standard InChI is InChI=1S/C16H23ClFNS/c1-19-13(11-20-14-5-3-2-4-6-14)9-12-7-8-16(18)15(17)10-12/h7-8,10,13-14,19H,2-6,9,11H2,1H3. The Morgan fingerprint density at radius 2 is 2.10 bits per heavy atom. The van der Waals surface area contributed by atoms with Gasteiger partial charge in [0, 0.05) is 17.0 Å². The van der Waals surface area contributed by atoms with Crippen molar-refractivity contribution < 1.29 is 4.39 Å². The molecule has 4 heteroatoms. The Kier molecular flexibility index (Phi) is 6.66. The van der Waals surface area contributed by atoms with Crippen LogP contribution in [0.4, 0.5) is 4.39 Å². The van der Waals surface area contributed by atoms with Gasteiger partial charge in [-0.15, -0.1) is 0 Å². The van der Waals surface area contributed by atoms with Gasteiger partial charge in [-0.05, 0) is 44.0 Å². The molecule has 0 amide bonds. The molecule has 1 aliphatic carbocycles. The average Bonchev–Trinajstić information content (AvgIpc) is 2.48. The quantitative estimate of drug-likeness (QED) is 0.818. The van der Waals surface area contributed by atoms with E-state index in [-0.39, 0.29) is 10.8 Å². The number of benzene rings is 1. The van der Waals surface area contributed by atoms with E-state index in [0.717, 1.165) is 23.0 Å². The van der Waals surface area contributed by atoms with Crippen LogP contribution in [0.2, 0.25) is 5.02 Å². The minimum absolute atomic E-state index is 0.220. The molecular formula is C16H23ClFNS. The average molecular weight is 316 g/mol. The highest BCUT2D eigenvalue weighted by atomic mass is 35.5. The Labute approximate surface area is 130 Å². The van der Waals surface area contributed by atoms with Crippen LogP contribution in [-0.2, 0) is 6.42 Å². The second-order valence-electron chi connectivity index (χ2n) is 5.53. The molecule has 0 bridgehead atoms. The van der Waals surface area contributed by atoms with Crippen molar-refractivity contribution in [3.63, 3.8) is 0 Å². The highest BCUT2D eigenvalue weighted by molar-refractivity contribution is 7.99. The molecule has 1 fully saturated rings. The molecule has 0 spiro atoms. The number of halogens is 2. The van der Waals surface area contributed by atoms with Gasteiger partial charge in [0.25, 0.3) is 0 Å². The summed E-state index contributed by atoms with van der Waals surface area (Å²) in [6, 6.07) is 5.45. The maximum atomic E-state index is 13.2. The number of hydrogen-bond donors (Lipinski definition) is 1. The Hall–Kier alpha value is -0.250. The molecule has 20 heavy (non-hydrogen) atoms.